The summed E-state index contributed by atoms with van der Waals surface area (Å²) in [5, 5.41) is 12.7. The van der Waals surface area contributed by atoms with Crippen molar-refractivity contribution in [3.05, 3.63) is 28.8 Å². The molecule has 5 nitrogen and oxygen atoms in total. The summed E-state index contributed by atoms with van der Waals surface area (Å²) < 4.78 is 0. The molecular weight excluding hydrogens is 364 g/mol. The van der Waals surface area contributed by atoms with Crippen LogP contribution >= 0.6 is 11.6 Å². The number of aliphatic imine (C=N–C) groups is 1. The van der Waals surface area contributed by atoms with Crippen molar-refractivity contribution in [2.75, 3.05) is 0 Å². The maximum absolute atomic E-state index is 13.2. The van der Waals surface area contributed by atoms with E-state index in [2.05, 4.69) is 17.2 Å². The molecule has 1 saturated carbocycles. The highest BCUT2D eigenvalue weighted by atomic mass is 35.5. The van der Waals surface area contributed by atoms with Crippen molar-refractivity contribution in [1.29, 1.82) is 0 Å². The number of Topliss-reactive ketones (excluding diaryl/α,β-unsaturated/α-hetero) is 1. The van der Waals surface area contributed by atoms with Crippen LogP contribution in [0, 0.1) is 17.8 Å². The van der Waals surface area contributed by atoms with Gasteiger partial charge in [-0.05, 0) is 48.8 Å². The molecule has 1 aromatic rings. The highest BCUT2D eigenvalue weighted by molar-refractivity contribution is 6.32. The summed E-state index contributed by atoms with van der Waals surface area (Å²) in [5.41, 5.74) is 1.34. The van der Waals surface area contributed by atoms with Crippen molar-refractivity contribution in [1.82, 2.24) is 5.32 Å². The van der Waals surface area contributed by atoms with Crippen molar-refractivity contribution in [2.24, 2.45) is 22.7 Å². The quantitative estimate of drug-likeness (QED) is 0.737. The maximum Gasteiger partial charge on any atom is 0.341 e. The highest BCUT2D eigenvalue weighted by Crippen LogP contribution is 2.36. The van der Waals surface area contributed by atoms with Gasteiger partial charge in [-0.1, -0.05) is 44.4 Å². The molecule has 0 saturated heterocycles. The minimum Gasteiger partial charge on any atom is -0.506 e. The van der Waals surface area contributed by atoms with Gasteiger partial charge in [-0.25, -0.2) is 9.79 Å². The summed E-state index contributed by atoms with van der Waals surface area (Å²) in [7, 11) is 0. The number of carbonyl (C=O) groups is 2. The van der Waals surface area contributed by atoms with E-state index in [1.165, 1.54) is 18.9 Å². The zero-order chi connectivity index (χ0) is 19.6. The number of amides is 2. The van der Waals surface area contributed by atoms with Gasteiger partial charge in [0.15, 0.2) is 0 Å². The number of aromatic hydroxyl groups is 1. The Bertz CT molecular complexity index is 754. The Morgan fingerprint density at radius 2 is 2.00 bits per heavy atom. The largest absolute Gasteiger partial charge is 0.506 e. The van der Waals surface area contributed by atoms with Crippen LogP contribution in [0.4, 0.5) is 4.79 Å². The number of phenols is 1. The summed E-state index contributed by atoms with van der Waals surface area (Å²) in [4.78, 5) is 29.4. The van der Waals surface area contributed by atoms with E-state index >= 15 is 0 Å². The molecule has 27 heavy (non-hydrogen) atoms. The molecule has 3 rings (SSSR count). The first kappa shape index (κ1) is 19.9. The summed E-state index contributed by atoms with van der Waals surface area (Å²) in [6, 6.07) is 3.87. The molecule has 1 heterocycles. The second-order valence-corrected chi connectivity index (χ2v) is 8.28. The first-order chi connectivity index (χ1) is 12.9. The Morgan fingerprint density at radius 1 is 1.30 bits per heavy atom. The molecule has 1 aliphatic carbocycles. The van der Waals surface area contributed by atoms with E-state index in [-0.39, 0.29) is 16.6 Å². The van der Waals surface area contributed by atoms with Crippen molar-refractivity contribution < 1.29 is 14.7 Å². The van der Waals surface area contributed by atoms with Crippen molar-refractivity contribution in [3.8, 4) is 5.75 Å². The average molecular weight is 391 g/mol. The molecule has 2 unspecified atom stereocenters. The number of rotatable bonds is 5. The standard InChI is InChI=1S/C21H27ClN2O3/c1-3-16-19(18(26)10-13-6-4-12(2)5-7-13)20(24-21(27)23-16)14-8-9-17(25)15(22)11-14/h8-9,11-13,19-20,25H,3-7,10H2,1-2H3,(H,24,27). The number of urea groups is 1. The smallest absolute Gasteiger partial charge is 0.341 e. The summed E-state index contributed by atoms with van der Waals surface area (Å²) in [6.07, 6.45) is 5.58. The number of benzene rings is 1. The number of phenolic OH excluding ortho intramolecular Hbond substituents is 1. The van der Waals surface area contributed by atoms with Gasteiger partial charge in [0, 0.05) is 12.1 Å². The molecule has 0 radical (unpaired) electrons. The minimum atomic E-state index is -0.502. The molecular formula is C21H27ClN2O3. The lowest BCUT2D eigenvalue weighted by Crippen LogP contribution is -2.44. The van der Waals surface area contributed by atoms with Gasteiger partial charge in [-0.3, -0.25) is 4.79 Å². The Hall–Kier alpha value is -1.88. The molecule has 1 aliphatic heterocycles. The van der Waals surface area contributed by atoms with Crippen molar-refractivity contribution in [2.45, 2.75) is 58.4 Å². The molecule has 0 spiro atoms. The predicted octanol–water partition coefficient (Wildman–Crippen LogP) is 5.06. The van der Waals surface area contributed by atoms with E-state index < -0.39 is 18.0 Å². The SMILES string of the molecule is CCC1=NC(=O)NC(c2ccc(O)c(Cl)c2)C1C(=O)CC1CCC(C)CC1. The number of nitrogens with zero attached hydrogens (tertiary/aromatic N) is 1. The second-order valence-electron chi connectivity index (χ2n) is 7.87. The van der Waals surface area contributed by atoms with Crippen LogP contribution in [-0.4, -0.2) is 22.6 Å². The van der Waals surface area contributed by atoms with E-state index in [9.17, 15) is 14.7 Å². The zero-order valence-electron chi connectivity index (χ0n) is 15.9. The molecule has 2 amide bonds. The maximum atomic E-state index is 13.2. The van der Waals surface area contributed by atoms with Gasteiger partial charge in [0.2, 0.25) is 0 Å². The van der Waals surface area contributed by atoms with Crippen LogP contribution in [0.15, 0.2) is 23.2 Å². The monoisotopic (exact) mass is 390 g/mol. The fraction of sp³-hybridized carbons (Fsp3) is 0.571. The normalized spacial score (nSPS) is 28.4. The Balaban J connectivity index is 1.86. The molecule has 1 aromatic carbocycles. The number of hydrogen-bond acceptors (Lipinski definition) is 3. The van der Waals surface area contributed by atoms with E-state index in [0.717, 1.165) is 18.8 Å². The van der Waals surface area contributed by atoms with Gasteiger partial charge in [-0.2, -0.15) is 0 Å². The lowest BCUT2D eigenvalue weighted by atomic mass is 9.76. The van der Waals surface area contributed by atoms with Gasteiger partial charge in [0.05, 0.1) is 17.0 Å². The second kappa shape index (κ2) is 8.42. The van der Waals surface area contributed by atoms with E-state index in [4.69, 9.17) is 11.6 Å². The number of carbonyl (C=O) groups excluding carboxylic acids is 2. The molecule has 146 valence electrons. The molecule has 0 bridgehead atoms. The van der Waals surface area contributed by atoms with Gasteiger partial charge in [-0.15, -0.1) is 0 Å². The minimum absolute atomic E-state index is 0.0221. The van der Waals surface area contributed by atoms with Gasteiger partial charge >= 0.3 is 6.03 Å². The Kier molecular flexibility index (Phi) is 6.20. The molecule has 2 aliphatic rings. The first-order valence-corrected chi connectivity index (χ1v) is 10.2. The fourth-order valence-electron chi connectivity index (χ4n) is 4.25. The predicted molar refractivity (Wildman–Crippen MR) is 106 cm³/mol. The first-order valence-electron chi connectivity index (χ1n) is 9.78. The van der Waals surface area contributed by atoms with Crippen LogP contribution < -0.4 is 5.32 Å². The van der Waals surface area contributed by atoms with Crippen LogP contribution in [0.3, 0.4) is 0 Å². The third-order valence-electron chi connectivity index (χ3n) is 5.88. The zero-order valence-corrected chi connectivity index (χ0v) is 16.6. The number of halogens is 1. The topological polar surface area (TPSA) is 78.8 Å². The van der Waals surface area contributed by atoms with Crippen LogP contribution in [-0.2, 0) is 4.79 Å². The van der Waals surface area contributed by atoms with Crippen LogP contribution in [0.5, 0.6) is 5.75 Å². The lowest BCUT2D eigenvalue weighted by Gasteiger charge is -2.33. The van der Waals surface area contributed by atoms with Crippen LogP contribution in [0.2, 0.25) is 5.02 Å². The Labute approximate surface area is 165 Å². The van der Waals surface area contributed by atoms with E-state index in [0.29, 0.717) is 30.0 Å². The molecule has 2 N–H and O–H groups in total. The summed E-state index contributed by atoms with van der Waals surface area (Å²) >= 11 is 6.06. The Morgan fingerprint density at radius 3 is 2.63 bits per heavy atom. The molecule has 2 atom stereocenters. The van der Waals surface area contributed by atoms with E-state index in [1.807, 2.05) is 6.92 Å². The van der Waals surface area contributed by atoms with Crippen LogP contribution in [0.1, 0.15) is 64.0 Å². The van der Waals surface area contributed by atoms with E-state index in [1.54, 1.807) is 12.1 Å². The van der Waals surface area contributed by atoms with Crippen molar-refractivity contribution >= 4 is 29.1 Å². The lowest BCUT2D eigenvalue weighted by molar-refractivity contribution is -0.123. The fourth-order valence-corrected chi connectivity index (χ4v) is 4.44. The highest BCUT2D eigenvalue weighted by Gasteiger charge is 2.38. The van der Waals surface area contributed by atoms with Crippen LogP contribution in [0.25, 0.3) is 0 Å². The number of ketones is 1. The third-order valence-corrected chi connectivity index (χ3v) is 6.18. The van der Waals surface area contributed by atoms with Gasteiger partial charge in [0.1, 0.15) is 11.5 Å². The number of hydrogen-bond donors (Lipinski definition) is 2. The summed E-state index contributed by atoms with van der Waals surface area (Å²) in [6.45, 7) is 4.18. The molecule has 0 aromatic heterocycles. The average Bonchev–Trinajstić information content (AvgIpc) is 2.65. The third kappa shape index (κ3) is 4.52. The van der Waals surface area contributed by atoms with Gasteiger partial charge < -0.3 is 10.4 Å². The van der Waals surface area contributed by atoms with Gasteiger partial charge in [0.25, 0.3) is 0 Å². The van der Waals surface area contributed by atoms with Crippen molar-refractivity contribution in [3.63, 3.8) is 0 Å². The summed E-state index contributed by atoms with van der Waals surface area (Å²) in [5.74, 6) is 0.779. The number of nitrogens with one attached hydrogen (secondary N) is 1. The molecule has 1 fully saturated rings. The molecule has 6 heteroatoms.